The van der Waals surface area contributed by atoms with E-state index in [1.807, 2.05) is 52.5 Å². The van der Waals surface area contributed by atoms with Crippen LogP contribution in [0.1, 0.15) is 23.0 Å². The molecule has 0 aliphatic heterocycles. The van der Waals surface area contributed by atoms with Crippen LogP contribution in [0.25, 0.3) is 0 Å². The number of nitrogens with one attached hydrogen (secondary N) is 3. The van der Waals surface area contributed by atoms with Crippen molar-refractivity contribution in [2.24, 2.45) is 5.73 Å². The molecule has 0 spiro atoms. The predicted octanol–water partition coefficient (Wildman–Crippen LogP) is 4.18. The standard InChI is InChI=1S/C13H22N4O3S.C10H18N2OS.C4H8N2O2S.CH4S/c1-14-13(9-17(18)19)15-6-7-21-10-12-5-4-11(20-12)8-16(2)3;1-12(2)7-9-3-4-10(13-9)8-14-6-5-11;1-5-4(9-2)3-6(7)8;1-2/h4-5,9,14-15H,6-8,10H2,1-3H3;3-4H,5-8,11H2,1-2H3;3,5H,1-2H3;2H,1H3/b13-9-;;4-3-;. The highest BCUT2D eigenvalue weighted by molar-refractivity contribution is 8.02. The van der Waals surface area contributed by atoms with Crippen molar-refractivity contribution in [3.63, 3.8) is 0 Å². The molecular weight excluding hydrogens is 673 g/mol. The smallest absolute Gasteiger partial charge is 0.274 e. The highest BCUT2D eigenvalue weighted by atomic mass is 32.2. The van der Waals surface area contributed by atoms with Crippen molar-refractivity contribution in [2.75, 3.05) is 79.4 Å². The Morgan fingerprint density at radius 3 is 1.65 bits per heavy atom. The quantitative estimate of drug-likeness (QED) is 0.0602. The van der Waals surface area contributed by atoms with Gasteiger partial charge in [-0.15, -0.1) is 11.8 Å². The summed E-state index contributed by atoms with van der Waals surface area (Å²) >= 11 is 8.36. The van der Waals surface area contributed by atoms with E-state index in [1.165, 1.54) is 11.8 Å². The second-order valence-electron chi connectivity index (χ2n) is 9.34. The van der Waals surface area contributed by atoms with E-state index in [0.717, 1.165) is 78.1 Å². The number of nitro groups is 2. The molecule has 2 aromatic heterocycles. The number of nitrogens with two attached hydrogens (primary N) is 1. The summed E-state index contributed by atoms with van der Waals surface area (Å²) in [6, 6.07) is 8.07. The minimum atomic E-state index is -0.485. The molecule has 14 nitrogen and oxygen atoms in total. The normalized spacial score (nSPS) is 11.0. The summed E-state index contributed by atoms with van der Waals surface area (Å²) in [6.45, 7) is 3.04. The van der Waals surface area contributed by atoms with Crippen LogP contribution in [0.2, 0.25) is 0 Å². The van der Waals surface area contributed by atoms with Gasteiger partial charge in [0, 0.05) is 38.7 Å². The number of hydrogen-bond acceptors (Lipinski definition) is 16. The van der Waals surface area contributed by atoms with Gasteiger partial charge in [0.25, 0.3) is 12.4 Å². The second-order valence-corrected chi connectivity index (χ2v) is 12.4. The van der Waals surface area contributed by atoms with Crippen LogP contribution in [-0.2, 0) is 24.6 Å². The molecule has 0 aromatic carbocycles. The van der Waals surface area contributed by atoms with E-state index in [9.17, 15) is 20.2 Å². The molecule has 0 atom stereocenters. The first-order valence-electron chi connectivity index (χ1n) is 14.0. The summed E-state index contributed by atoms with van der Waals surface area (Å²) in [5.74, 6) is 7.93. The molecule has 0 saturated heterocycles. The maximum Gasteiger partial charge on any atom is 0.274 e. The highest BCUT2D eigenvalue weighted by Gasteiger charge is 2.05. The van der Waals surface area contributed by atoms with Gasteiger partial charge in [-0.2, -0.15) is 36.2 Å². The van der Waals surface area contributed by atoms with Gasteiger partial charge in [-0.3, -0.25) is 20.2 Å². The Hall–Kier alpha value is -2.48. The Balaban J connectivity index is 0. The number of nitrogens with zero attached hydrogens (tertiary/aromatic N) is 4. The second kappa shape index (κ2) is 29.9. The number of thioether (sulfide) groups is 3. The van der Waals surface area contributed by atoms with E-state index in [0.29, 0.717) is 17.4 Å². The number of hydrogen-bond donors (Lipinski definition) is 5. The third-order valence-electron chi connectivity index (χ3n) is 4.88. The number of furan rings is 2. The maximum atomic E-state index is 10.3. The van der Waals surface area contributed by atoms with Gasteiger partial charge in [-0.1, -0.05) is 0 Å². The van der Waals surface area contributed by atoms with Crippen molar-refractivity contribution in [3.8, 4) is 0 Å². The molecule has 18 heteroatoms. The highest BCUT2D eigenvalue weighted by Crippen LogP contribution is 2.17. The number of thiol groups is 1. The molecule has 0 saturated carbocycles. The molecule has 0 unspecified atom stereocenters. The van der Waals surface area contributed by atoms with Gasteiger partial charge >= 0.3 is 0 Å². The summed E-state index contributed by atoms with van der Waals surface area (Å²) in [5, 5.41) is 29.1. The van der Waals surface area contributed by atoms with E-state index in [4.69, 9.17) is 14.6 Å². The molecule has 0 amide bonds. The largest absolute Gasteiger partial charge is 0.464 e. The molecular formula is C28H52N8O6S4. The molecule has 0 bridgehead atoms. The zero-order valence-electron chi connectivity index (χ0n) is 28.1. The van der Waals surface area contributed by atoms with Crippen LogP contribution in [0.15, 0.2) is 56.3 Å². The molecule has 2 rings (SSSR count). The third-order valence-corrected chi connectivity index (χ3v) is 7.63. The van der Waals surface area contributed by atoms with Crippen molar-refractivity contribution in [1.29, 1.82) is 0 Å². The molecule has 5 N–H and O–H groups in total. The van der Waals surface area contributed by atoms with Gasteiger partial charge in [-0.05, 0) is 65.0 Å². The van der Waals surface area contributed by atoms with Crippen LogP contribution in [0.5, 0.6) is 0 Å². The van der Waals surface area contributed by atoms with Crippen molar-refractivity contribution in [3.05, 3.63) is 90.8 Å². The van der Waals surface area contributed by atoms with Crippen molar-refractivity contribution in [1.82, 2.24) is 25.8 Å². The van der Waals surface area contributed by atoms with E-state index < -0.39 is 9.85 Å². The van der Waals surface area contributed by atoms with E-state index in [-0.39, 0.29) is 0 Å². The lowest BCUT2D eigenvalue weighted by molar-refractivity contribution is -0.404. The fourth-order valence-corrected chi connectivity index (χ4v) is 4.91. The topological polar surface area (TPSA) is 181 Å². The Labute approximate surface area is 291 Å². The van der Waals surface area contributed by atoms with Gasteiger partial charge in [0.15, 0.2) is 5.82 Å². The SMILES string of the molecule is CN(C)Cc1ccc(CSCCN)o1.CN/C(=C/[N+](=O)[O-])NCCSCc1ccc(CN(C)C)o1.CN/C(=C/[N+](=O)[O-])SC.CS. The van der Waals surface area contributed by atoms with Gasteiger partial charge in [0.2, 0.25) is 0 Å². The first-order valence-corrected chi connectivity index (χ1v) is 18.5. The first kappa shape index (κ1) is 45.6. The van der Waals surface area contributed by atoms with E-state index >= 15 is 0 Å². The maximum absolute atomic E-state index is 10.3. The molecule has 0 aliphatic rings. The van der Waals surface area contributed by atoms with Gasteiger partial charge in [0.1, 0.15) is 28.1 Å². The minimum Gasteiger partial charge on any atom is -0.464 e. The summed E-state index contributed by atoms with van der Waals surface area (Å²) in [5.41, 5.74) is 5.41. The number of rotatable bonds is 19. The van der Waals surface area contributed by atoms with E-state index in [1.54, 1.807) is 50.1 Å². The van der Waals surface area contributed by atoms with Gasteiger partial charge in [0.05, 0.1) is 34.4 Å². The van der Waals surface area contributed by atoms with Crippen LogP contribution in [0.3, 0.4) is 0 Å². The average molecular weight is 725 g/mol. The lowest BCUT2D eigenvalue weighted by Gasteiger charge is -2.07. The van der Waals surface area contributed by atoms with Crippen LogP contribution in [-0.4, -0.2) is 99.0 Å². The Kier molecular flexibility index (Phi) is 29.7. The molecule has 264 valence electrons. The van der Waals surface area contributed by atoms with Crippen LogP contribution < -0.4 is 21.7 Å². The molecule has 0 aliphatic carbocycles. The Morgan fingerprint density at radius 1 is 0.848 bits per heavy atom. The zero-order valence-corrected chi connectivity index (χ0v) is 31.5. The molecule has 46 heavy (non-hydrogen) atoms. The molecule has 0 fully saturated rings. The Morgan fingerprint density at radius 2 is 1.30 bits per heavy atom. The summed E-state index contributed by atoms with van der Waals surface area (Å²) in [6.07, 6.45) is 5.32. The van der Waals surface area contributed by atoms with Gasteiger partial charge in [-0.25, -0.2) is 0 Å². The van der Waals surface area contributed by atoms with Crippen molar-refractivity contribution < 1.29 is 18.7 Å². The predicted molar refractivity (Wildman–Crippen MR) is 198 cm³/mol. The fourth-order valence-electron chi connectivity index (χ4n) is 3.10. The summed E-state index contributed by atoms with van der Waals surface area (Å²) < 4.78 is 11.3. The summed E-state index contributed by atoms with van der Waals surface area (Å²) in [4.78, 5) is 23.3. The lowest BCUT2D eigenvalue weighted by atomic mass is 10.4. The fraction of sp³-hybridized carbons (Fsp3) is 0.571. The molecule has 0 radical (unpaired) electrons. The van der Waals surface area contributed by atoms with E-state index in [2.05, 4.69) is 38.4 Å². The van der Waals surface area contributed by atoms with Crippen molar-refractivity contribution >= 4 is 47.9 Å². The first-order chi connectivity index (χ1) is 21.9. The lowest BCUT2D eigenvalue weighted by Crippen LogP contribution is -2.26. The van der Waals surface area contributed by atoms with Crippen LogP contribution in [0, 0.1) is 20.2 Å². The summed E-state index contributed by atoms with van der Waals surface area (Å²) in [7, 11) is 11.4. The third kappa shape index (κ3) is 26.7. The van der Waals surface area contributed by atoms with Gasteiger partial charge < -0.3 is 40.3 Å². The minimum absolute atomic E-state index is 0.409. The van der Waals surface area contributed by atoms with Crippen molar-refractivity contribution in [2.45, 2.75) is 24.6 Å². The van der Waals surface area contributed by atoms with Crippen LogP contribution >= 0.6 is 47.9 Å². The Bertz CT molecular complexity index is 1120. The monoisotopic (exact) mass is 724 g/mol. The molecule has 2 aromatic rings. The zero-order chi connectivity index (χ0) is 35.3. The van der Waals surface area contributed by atoms with Crippen LogP contribution in [0.4, 0.5) is 0 Å². The molecule has 2 heterocycles. The average Bonchev–Trinajstić information content (AvgIpc) is 3.64.